The van der Waals surface area contributed by atoms with Gasteiger partial charge in [-0.25, -0.2) is 0 Å². The van der Waals surface area contributed by atoms with Crippen molar-refractivity contribution in [2.45, 2.75) is 37.6 Å². The van der Waals surface area contributed by atoms with Gasteiger partial charge in [-0.2, -0.15) is 0 Å². The molecule has 0 heterocycles. The molecule has 0 saturated heterocycles. The second kappa shape index (κ2) is 4.95. The highest BCUT2D eigenvalue weighted by Crippen LogP contribution is 2.37. The Morgan fingerprint density at radius 1 is 1.31 bits per heavy atom. The first-order chi connectivity index (χ1) is 7.72. The molecule has 0 atom stereocenters. The van der Waals surface area contributed by atoms with Gasteiger partial charge in [-0.3, -0.25) is 0 Å². The number of hydrogen-bond donors (Lipinski definition) is 2. The zero-order chi connectivity index (χ0) is 11.4. The van der Waals surface area contributed by atoms with Crippen LogP contribution >= 0.6 is 0 Å². The average molecular weight is 221 g/mol. The highest BCUT2D eigenvalue weighted by atomic mass is 16.5. The van der Waals surface area contributed by atoms with E-state index in [1.165, 1.54) is 5.56 Å². The summed E-state index contributed by atoms with van der Waals surface area (Å²) in [6.45, 7) is 1.17. The smallest absolute Gasteiger partial charge is 0.0720 e. The monoisotopic (exact) mass is 221 g/mol. The van der Waals surface area contributed by atoms with Crippen molar-refractivity contribution in [3.8, 4) is 0 Å². The zero-order valence-corrected chi connectivity index (χ0v) is 9.43. The van der Waals surface area contributed by atoms with Crippen LogP contribution < -0.4 is 5.73 Å². The van der Waals surface area contributed by atoms with Gasteiger partial charge < -0.3 is 15.6 Å². The maximum Gasteiger partial charge on any atom is 0.0720 e. The van der Waals surface area contributed by atoms with Crippen molar-refractivity contribution in [1.29, 1.82) is 0 Å². The molecular weight excluding hydrogens is 202 g/mol. The molecule has 0 amide bonds. The lowest BCUT2D eigenvalue weighted by Crippen LogP contribution is -2.49. The van der Waals surface area contributed by atoms with Crippen molar-refractivity contribution in [1.82, 2.24) is 0 Å². The van der Waals surface area contributed by atoms with Crippen LogP contribution in [0, 0.1) is 0 Å². The topological polar surface area (TPSA) is 55.5 Å². The summed E-state index contributed by atoms with van der Waals surface area (Å²) < 4.78 is 5.70. The molecule has 1 aliphatic carbocycles. The molecule has 3 heteroatoms. The van der Waals surface area contributed by atoms with Crippen LogP contribution in [-0.4, -0.2) is 23.4 Å². The third kappa shape index (κ3) is 2.82. The normalized spacial score (nSPS) is 28.8. The highest BCUT2D eigenvalue weighted by Gasteiger charge is 2.42. The van der Waals surface area contributed by atoms with E-state index in [9.17, 15) is 5.11 Å². The van der Waals surface area contributed by atoms with Crippen LogP contribution in [0.15, 0.2) is 30.3 Å². The Balaban J connectivity index is 1.70. The number of ether oxygens (including phenoxy) is 1. The fourth-order valence-electron chi connectivity index (χ4n) is 2.17. The summed E-state index contributed by atoms with van der Waals surface area (Å²) in [5.74, 6) is 0. The van der Waals surface area contributed by atoms with Crippen molar-refractivity contribution in [2.75, 3.05) is 6.54 Å². The van der Waals surface area contributed by atoms with E-state index in [4.69, 9.17) is 10.5 Å². The number of rotatable bonds is 5. The average Bonchev–Trinajstić information content (AvgIpc) is 2.25. The molecule has 3 nitrogen and oxygen atoms in total. The van der Waals surface area contributed by atoms with Gasteiger partial charge in [0.2, 0.25) is 0 Å². The third-order valence-electron chi connectivity index (χ3n) is 3.15. The Bertz CT molecular complexity index is 320. The molecule has 0 radical (unpaired) electrons. The Labute approximate surface area is 96.2 Å². The first kappa shape index (κ1) is 11.6. The van der Waals surface area contributed by atoms with E-state index in [-0.39, 0.29) is 6.10 Å². The minimum absolute atomic E-state index is 0.191. The van der Waals surface area contributed by atoms with Crippen molar-refractivity contribution in [3.05, 3.63) is 35.9 Å². The molecule has 0 spiro atoms. The predicted octanol–water partition coefficient (Wildman–Crippen LogP) is 1.45. The van der Waals surface area contributed by atoms with Gasteiger partial charge in [0.05, 0.1) is 18.3 Å². The van der Waals surface area contributed by atoms with E-state index in [1.54, 1.807) is 0 Å². The summed E-state index contributed by atoms with van der Waals surface area (Å²) in [4.78, 5) is 0. The van der Waals surface area contributed by atoms with Crippen molar-refractivity contribution in [3.63, 3.8) is 0 Å². The van der Waals surface area contributed by atoms with Gasteiger partial charge in [-0.05, 0) is 18.5 Å². The van der Waals surface area contributed by atoms with Crippen LogP contribution in [0.25, 0.3) is 0 Å². The Morgan fingerprint density at radius 2 is 2.00 bits per heavy atom. The van der Waals surface area contributed by atoms with Crippen molar-refractivity contribution < 1.29 is 9.84 Å². The highest BCUT2D eigenvalue weighted by molar-refractivity contribution is 5.13. The number of hydrogen-bond acceptors (Lipinski definition) is 3. The van der Waals surface area contributed by atoms with E-state index in [0.29, 0.717) is 19.6 Å². The molecule has 16 heavy (non-hydrogen) atoms. The van der Waals surface area contributed by atoms with E-state index < -0.39 is 5.60 Å². The second-order valence-electron chi connectivity index (χ2n) is 4.59. The first-order valence-electron chi connectivity index (χ1n) is 5.80. The van der Waals surface area contributed by atoms with Crippen LogP contribution in [0.3, 0.4) is 0 Å². The molecule has 0 bridgehead atoms. The standard InChI is InChI=1S/C13H19NO2/c14-7-6-13(15)8-12(9-13)16-10-11-4-2-1-3-5-11/h1-5,12,15H,6-10,14H2. The Hall–Kier alpha value is -0.900. The molecule has 1 fully saturated rings. The van der Waals surface area contributed by atoms with Gasteiger partial charge in [0, 0.05) is 12.8 Å². The quantitative estimate of drug-likeness (QED) is 0.791. The van der Waals surface area contributed by atoms with Crippen LogP contribution in [-0.2, 0) is 11.3 Å². The van der Waals surface area contributed by atoms with E-state index >= 15 is 0 Å². The SMILES string of the molecule is NCCC1(O)CC(OCc2ccccc2)C1. The molecule has 88 valence electrons. The maximum atomic E-state index is 9.92. The molecule has 0 aromatic heterocycles. The molecule has 0 unspecified atom stereocenters. The number of nitrogens with two attached hydrogens (primary N) is 1. The lowest BCUT2D eigenvalue weighted by molar-refractivity contribution is -0.146. The predicted molar refractivity (Wildman–Crippen MR) is 62.9 cm³/mol. The summed E-state index contributed by atoms with van der Waals surface area (Å²) >= 11 is 0. The summed E-state index contributed by atoms with van der Waals surface area (Å²) in [5, 5.41) is 9.92. The fraction of sp³-hybridized carbons (Fsp3) is 0.538. The Morgan fingerprint density at radius 3 is 2.62 bits per heavy atom. The summed E-state index contributed by atoms with van der Waals surface area (Å²) in [7, 11) is 0. The maximum absolute atomic E-state index is 9.92. The lowest BCUT2D eigenvalue weighted by atomic mass is 9.75. The molecular formula is C13H19NO2. The summed E-state index contributed by atoms with van der Waals surface area (Å²) in [6.07, 6.45) is 2.31. The molecule has 2 rings (SSSR count). The van der Waals surface area contributed by atoms with Gasteiger partial charge in [0.25, 0.3) is 0 Å². The van der Waals surface area contributed by atoms with Crippen LogP contribution in [0.2, 0.25) is 0 Å². The lowest BCUT2D eigenvalue weighted by Gasteiger charge is -2.43. The first-order valence-corrected chi connectivity index (χ1v) is 5.80. The number of aliphatic hydroxyl groups is 1. The van der Waals surface area contributed by atoms with Crippen molar-refractivity contribution >= 4 is 0 Å². The fourth-order valence-corrected chi connectivity index (χ4v) is 2.17. The van der Waals surface area contributed by atoms with E-state index in [1.807, 2.05) is 30.3 Å². The van der Waals surface area contributed by atoms with Crippen LogP contribution in [0.4, 0.5) is 0 Å². The van der Waals surface area contributed by atoms with Crippen LogP contribution in [0.1, 0.15) is 24.8 Å². The molecule has 1 aromatic rings. The molecule has 1 aromatic carbocycles. The van der Waals surface area contributed by atoms with E-state index in [2.05, 4.69) is 0 Å². The van der Waals surface area contributed by atoms with Crippen molar-refractivity contribution in [2.24, 2.45) is 5.73 Å². The number of benzene rings is 1. The molecule has 3 N–H and O–H groups in total. The van der Waals surface area contributed by atoms with Gasteiger partial charge in [0.1, 0.15) is 0 Å². The largest absolute Gasteiger partial charge is 0.390 e. The third-order valence-corrected chi connectivity index (χ3v) is 3.15. The summed E-state index contributed by atoms with van der Waals surface area (Å²) in [5.41, 5.74) is 6.05. The molecule has 0 aliphatic heterocycles. The van der Waals surface area contributed by atoms with Gasteiger partial charge in [-0.15, -0.1) is 0 Å². The minimum Gasteiger partial charge on any atom is -0.390 e. The van der Waals surface area contributed by atoms with Gasteiger partial charge in [-0.1, -0.05) is 30.3 Å². The minimum atomic E-state index is -0.559. The molecule has 1 saturated carbocycles. The summed E-state index contributed by atoms with van der Waals surface area (Å²) in [6, 6.07) is 10.1. The molecule has 1 aliphatic rings. The second-order valence-corrected chi connectivity index (χ2v) is 4.59. The van der Waals surface area contributed by atoms with E-state index in [0.717, 1.165) is 12.8 Å². The van der Waals surface area contributed by atoms with Crippen LogP contribution in [0.5, 0.6) is 0 Å². The zero-order valence-electron chi connectivity index (χ0n) is 9.43. The Kier molecular flexibility index (Phi) is 3.59. The van der Waals surface area contributed by atoms with Gasteiger partial charge in [0.15, 0.2) is 0 Å². The van der Waals surface area contributed by atoms with Gasteiger partial charge >= 0.3 is 0 Å².